The quantitative estimate of drug-likeness (QED) is 0.373. The van der Waals surface area contributed by atoms with Gasteiger partial charge in [-0.15, -0.1) is 11.3 Å². The van der Waals surface area contributed by atoms with Crippen molar-refractivity contribution in [2.75, 3.05) is 25.4 Å². The zero-order valence-corrected chi connectivity index (χ0v) is 20.7. The zero-order chi connectivity index (χ0) is 26.9. The Kier molecular flexibility index (Phi) is 5.47. The number of rotatable bonds is 2. The largest absolute Gasteiger partial charge is 0.389 e. The topological polar surface area (TPSA) is 95.4 Å². The second-order valence-electron chi connectivity index (χ2n) is 9.40. The van der Waals surface area contributed by atoms with Crippen molar-refractivity contribution >= 4 is 49.1 Å². The third kappa shape index (κ3) is 3.40. The number of carbonyl (C=O) groups is 2. The zero-order valence-electron chi connectivity index (χ0n) is 19.9. The van der Waals surface area contributed by atoms with E-state index < -0.39 is 29.3 Å². The molecule has 38 heavy (non-hydrogen) atoms. The average molecular weight is 536 g/mol. The fourth-order valence-electron chi connectivity index (χ4n) is 5.67. The van der Waals surface area contributed by atoms with Crippen LogP contribution in [0.5, 0.6) is 0 Å². The molecule has 1 atom stereocenters. The highest BCUT2D eigenvalue weighted by molar-refractivity contribution is 7.23. The first kappa shape index (κ1) is 24.1. The molecule has 0 unspecified atom stereocenters. The highest BCUT2D eigenvalue weighted by atomic mass is 32.1. The summed E-state index contributed by atoms with van der Waals surface area (Å²) in [5, 5.41) is 10.5. The highest BCUT2D eigenvalue weighted by Gasteiger charge is 2.36. The summed E-state index contributed by atoms with van der Waals surface area (Å²) >= 11 is 0.932. The first-order valence-corrected chi connectivity index (χ1v) is 12.7. The van der Waals surface area contributed by atoms with Crippen molar-refractivity contribution in [1.82, 2.24) is 14.4 Å². The van der Waals surface area contributed by atoms with Crippen LogP contribution >= 0.6 is 11.3 Å². The molecule has 6 rings (SSSR count). The van der Waals surface area contributed by atoms with Gasteiger partial charge in [-0.3, -0.25) is 9.59 Å². The van der Waals surface area contributed by atoms with Gasteiger partial charge in [0.1, 0.15) is 22.7 Å². The van der Waals surface area contributed by atoms with Crippen molar-refractivity contribution in [2.24, 2.45) is 0 Å². The molecule has 2 aromatic carbocycles. The number of nitriles is 1. The number of halogens is 3. The van der Waals surface area contributed by atoms with Gasteiger partial charge in [-0.2, -0.15) is 5.26 Å². The van der Waals surface area contributed by atoms with E-state index in [0.717, 1.165) is 11.3 Å². The van der Waals surface area contributed by atoms with E-state index in [0.29, 0.717) is 29.4 Å². The third-order valence-corrected chi connectivity index (χ3v) is 8.42. The van der Waals surface area contributed by atoms with Gasteiger partial charge in [-0.05, 0) is 30.2 Å². The molecule has 192 valence electrons. The molecule has 4 aromatic rings. The molecule has 2 aliphatic rings. The molecule has 4 heterocycles. The molecule has 2 aliphatic heterocycles. The van der Waals surface area contributed by atoms with Gasteiger partial charge in [0.2, 0.25) is 0 Å². The van der Waals surface area contributed by atoms with Crippen LogP contribution in [0.4, 0.5) is 18.2 Å². The van der Waals surface area contributed by atoms with Crippen molar-refractivity contribution in [1.29, 1.82) is 5.26 Å². The number of hydrogen-bond donors (Lipinski definition) is 1. The number of hydrogen-bond acceptors (Lipinski definition) is 5. The van der Waals surface area contributed by atoms with Crippen LogP contribution in [0.15, 0.2) is 42.9 Å². The summed E-state index contributed by atoms with van der Waals surface area (Å²) in [6, 6.07) is 7.16. The number of nitrogen functional groups attached to an aromatic ring is 1. The molecule has 0 saturated carbocycles. The number of piperazine rings is 1. The van der Waals surface area contributed by atoms with E-state index in [1.165, 1.54) is 23.1 Å². The maximum absolute atomic E-state index is 16.0. The Morgan fingerprint density at radius 1 is 1.16 bits per heavy atom. The maximum Gasteiger partial charge on any atom is 0.282 e. The van der Waals surface area contributed by atoms with E-state index in [4.69, 9.17) is 5.73 Å². The van der Waals surface area contributed by atoms with Gasteiger partial charge in [0.25, 0.3) is 11.8 Å². The Morgan fingerprint density at radius 2 is 1.95 bits per heavy atom. The van der Waals surface area contributed by atoms with Gasteiger partial charge >= 0.3 is 0 Å². The van der Waals surface area contributed by atoms with Gasteiger partial charge in [0.05, 0.1) is 27.4 Å². The molecular formula is C27H20F3N5O2S. The van der Waals surface area contributed by atoms with Crippen molar-refractivity contribution in [3.63, 3.8) is 0 Å². The lowest BCUT2D eigenvalue weighted by atomic mass is 9.93. The van der Waals surface area contributed by atoms with Crippen LogP contribution in [0, 0.1) is 23.0 Å². The minimum absolute atomic E-state index is 0.0824. The average Bonchev–Trinajstić information content (AvgIpc) is 3.47. The third-order valence-electron chi connectivity index (χ3n) is 7.39. The van der Waals surface area contributed by atoms with Gasteiger partial charge in [0, 0.05) is 48.7 Å². The molecule has 7 nitrogen and oxygen atoms in total. The number of thiophene rings is 1. The fraction of sp³-hybridized carbons (Fsp3) is 0.222. The van der Waals surface area contributed by atoms with Gasteiger partial charge < -0.3 is 20.1 Å². The Morgan fingerprint density at radius 3 is 2.68 bits per heavy atom. The summed E-state index contributed by atoms with van der Waals surface area (Å²) in [4.78, 5) is 28.8. The molecular weight excluding hydrogens is 515 g/mol. The van der Waals surface area contributed by atoms with E-state index in [1.54, 1.807) is 17.2 Å². The van der Waals surface area contributed by atoms with Crippen LogP contribution in [-0.2, 0) is 11.3 Å². The first-order valence-electron chi connectivity index (χ1n) is 11.9. The molecule has 2 N–H and O–H groups in total. The van der Waals surface area contributed by atoms with Crippen LogP contribution in [0.1, 0.15) is 22.3 Å². The predicted molar refractivity (Wildman–Crippen MR) is 138 cm³/mol. The van der Waals surface area contributed by atoms with Crippen LogP contribution < -0.4 is 5.73 Å². The molecule has 1 saturated heterocycles. The summed E-state index contributed by atoms with van der Waals surface area (Å²) in [6.07, 6.45) is 2.24. The number of anilines is 1. The van der Waals surface area contributed by atoms with Crippen LogP contribution in [0.2, 0.25) is 0 Å². The summed E-state index contributed by atoms with van der Waals surface area (Å²) in [5.74, 6) is -3.49. The molecule has 11 heteroatoms. The minimum atomic E-state index is -1.05. The SMILES string of the molecule is C=C(F)C(=O)N1CCN2C(=O)c3cc(F)c(-c4ccc(F)c5sc(N)c(C#N)c45)c4ccn(c34)CC[C@@H]2C1. The van der Waals surface area contributed by atoms with E-state index in [2.05, 4.69) is 6.58 Å². The van der Waals surface area contributed by atoms with Crippen molar-refractivity contribution < 1.29 is 22.8 Å². The molecule has 0 aliphatic carbocycles. The standard InChI is InChI=1S/C27H20F3N5O2S/c1-13(28)26(36)34-8-9-35-14(12-34)4-6-33-7-5-16-21(20(30)10-17(23(16)33)27(35)37)15-2-3-19(29)24-22(15)18(11-31)25(32)38-24/h2-3,5,7,10,14H,1,4,6,8-9,12,32H2/t14-/m1/s1. The highest BCUT2D eigenvalue weighted by Crippen LogP contribution is 2.44. The number of carbonyl (C=O) groups excluding carboxylic acids is 2. The van der Waals surface area contributed by atoms with E-state index >= 15 is 4.39 Å². The Labute approximate surface area is 218 Å². The summed E-state index contributed by atoms with van der Waals surface area (Å²) in [5.41, 5.74) is 7.23. The number of benzene rings is 2. The van der Waals surface area contributed by atoms with E-state index in [1.807, 2.05) is 10.6 Å². The van der Waals surface area contributed by atoms with Crippen molar-refractivity contribution in [2.45, 2.75) is 19.0 Å². The number of aromatic nitrogens is 1. The number of fused-ring (bicyclic) bond motifs is 2. The monoisotopic (exact) mass is 535 g/mol. The lowest BCUT2D eigenvalue weighted by molar-refractivity contribution is -0.131. The molecule has 0 bridgehead atoms. The number of nitrogens with two attached hydrogens (primary N) is 1. The Bertz CT molecular complexity index is 1750. The number of amides is 2. The Balaban J connectivity index is 1.51. The molecule has 1 fully saturated rings. The molecule has 2 amide bonds. The second-order valence-corrected chi connectivity index (χ2v) is 10.5. The number of aryl methyl sites for hydroxylation is 1. The van der Waals surface area contributed by atoms with Gasteiger partial charge in [-0.25, -0.2) is 13.2 Å². The van der Waals surface area contributed by atoms with Gasteiger partial charge in [0.15, 0.2) is 5.83 Å². The summed E-state index contributed by atoms with van der Waals surface area (Å²) in [6.45, 7) is 4.00. The normalized spacial score (nSPS) is 17.3. The second kappa shape index (κ2) is 8.63. The molecule has 2 aromatic heterocycles. The van der Waals surface area contributed by atoms with Crippen molar-refractivity contribution in [3.8, 4) is 17.2 Å². The predicted octanol–water partition coefficient (Wildman–Crippen LogP) is 4.79. The first-order chi connectivity index (χ1) is 18.2. The van der Waals surface area contributed by atoms with Crippen LogP contribution in [0.25, 0.3) is 32.1 Å². The molecule has 0 radical (unpaired) electrons. The summed E-state index contributed by atoms with van der Waals surface area (Å²) < 4.78 is 46.1. The fourth-order valence-corrected chi connectivity index (χ4v) is 6.62. The molecule has 0 spiro atoms. The van der Waals surface area contributed by atoms with Gasteiger partial charge in [-0.1, -0.05) is 12.6 Å². The number of nitrogens with zero attached hydrogens (tertiary/aromatic N) is 4. The smallest absolute Gasteiger partial charge is 0.282 e. The van der Waals surface area contributed by atoms with Crippen LogP contribution in [-0.4, -0.2) is 51.9 Å². The lowest BCUT2D eigenvalue weighted by Gasteiger charge is -2.42. The van der Waals surface area contributed by atoms with Crippen molar-refractivity contribution in [3.05, 3.63) is 65.6 Å². The lowest BCUT2D eigenvalue weighted by Crippen LogP contribution is -2.57. The Hall–Kier alpha value is -4.30. The minimum Gasteiger partial charge on any atom is -0.389 e. The summed E-state index contributed by atoms with van der Waals surface area (Å²) in [7, 11) is 0. The maximum atomic E-state index is 16.0. The van der Waals surface area contributed by atoms with E-state index in [9.17, 15) is 23.6 Å². The van der Waals surface area contributed by atoms with E-state index in [-0.39, 0.29) is 57.5 Å². The van der Waals surface area contributed by atoms with Crippen LogP contribution in [0.3, 0.4) is 0 Å².